The van der Waals surface area contributed by atoms with Crippen LogP contribution >= 0.6 is 11.6 Å². The fourth-order valence-electron chi connectivity index (χ4n) is 2.53. The van der Waals surface area contributed by atoms with E-state index >= 15 is 0 Å². The van der Waals surface area contributed by atoms with Gasteiger partial charge in [0, 0.05) is 24.3 Å². The number of benzene rings is 1. The van der Waals surface area contributed by atoms with Gasteiger partial charge in [-0.25, -0.2) is 0 Å². The first-order valence-electron chi connectivity index (χ1n) is 7.48. The fraction of sp³-hybridized carbons (Fsp3) is 0.471. The molecule has 21 heavy (non-hydrogen) atoms. The molecule has 0 saturated heterocycles. The maximum Gasteiger partial charge on any atom is 0.0521 e. The molecule has 0 aliphatic carbocycles. The highest BCUT2D eigenvalue weighted by Gasteiger charge is 2.13. The lowest BCUT2D eigenvalue weighted by Crippen LogP contribution is -2.31. The topological polar surface area (TPSA) is 29.9 Å². The Morgan fingerprint density at radius 2 is 2.00 bits per heavy atom. The van der Waals surface area contributed by atoms with E-state index in [4.69, 9.17) is 11.6 Å². The van der Waals surface area contributed by atoms with E-state index < -0.39 is 0 Å². The quantitative estimate of drug-likeness (QED) is 0.849. The smallest absolute Gasteiger partial charge is 0.0521 e. The van der Waals surface area contributed by atoms with Gasteiger partial charge in [0.2, 0.25) is 0 Å². The first-order valence-corrected chi connectivity index (χ1v) is 7.86. The van der Waals surface area contributed by atoms with E-state index in [1.54, 1.807) is 0 Å². The normalized spacial score (nSPS) is 12.8. The van der Waals surface area contributed by atoms with E-state index in [1.807, 2.05) is 30.1 Å². The van der Waals surface area contributed by atoms with Gasteiger partial charge in [-0.2, -0.15) is 5.10 Å². The molecule has 0 fully saturated rings. The molecule has 4 heteroatoms. The Morgan fingerprint density at radius 1 is 1.24 bits per heavy atom. The zero-order valence-corrected chi connectivity index (χ0v) is 13.8. The number of nitrogens with one attached hydrogen (secondary N) is 1. The minimum absolute atomic E-state index is 0.501. The standard InChI is InChI=1S/C17H24ClN3/c1-13(2)19-10-15(8-16-11-20-21(3)12-16)7-14-5-4-6-17(18)9-14/h4-6,9,11-13,15,19H,7-8,10H2,1-3H3. The van der Waals surface area contributed by atoms with Gasteiger partial charge in [-0.1, -0.05) is 37.6 Å². The third-order valence-electron chi connectivity index (χ3n) is 3.51. The van der Waals surface area contributed by atoms with Gasteiger partial charge in [0.15, 0.2) is 0 Å². The molecule has 1 N–H and O–H groups in total. The van der Waals surface area contributed by atoms with Crippen molar-refractivity contribution >= 4 is 11.6 Å². The van der Waals surface area contributed by atoms with Crippen LogP contribution in [0.3, 0.4) is 0 Å². The minimum atomic E-state index is 0.501. The molecule has 3 nitrogen and oxygen atoms in total. The molecule has 1 heterocycles. The van der Waals surface area contributed by atoms with E-state index in [9.17, 15) is 0 Å². The van der Waals surface area contributed by atoms with Gasteiger partial charge in [-0.15, -0.1) is 0 Å². The number of aromatic nitrogens is 2. The molecule has 1 aromatic carbocycles. The Labute approximate surface area is 132 Å². The predicted octanol–water partition coefficient (Wildman–Crippen LogP) is 3.47. The predicted molar refractivity (Wildman–Crippen MR) is 88.7 cm³/mol. The summed E-state index contributed by atoms with van der Waals surface area (Å²) in [6, 6.07) is 8.66. The number of aryl methyl sites for hydroxylation is 1. The molecular weight excluding hydrogens is 282 g/mol. The van der Waals surface area contributed by atoms with Gasteiger partial charge in [-0.3, -0.25) is 4.68 Å². The zero-order chi connectivity index (χ0) is 15.2. The summed E-state index contributed by atoms with van der Waals surface area (Å²) in [5.41, 5.74) is 2.58. The maximum absolute atomic E-state index is 6.09. The third kappa shape index (κ3) is 5.52. The maximum atomic E-state index is 6.09. The Balaban J connectivity index is 2.04. The average Bonchev–Trinajstić information content (AvgIpc) is 2.81. The molecule has 2 rings (SSSR count). The molecule has 1 unspecified atom stereocenters. The van der Waals surface area contributed by atoms with Crippen molar-refractivity contribution in [1.82, 2.24) is 15.1 Å². The second-order valence-corrected chi connectivity index (χ2v) is 6.43. The van der Waals surface area contributed by atoms with Crippen molar-refractivity contribution in [2.75, 3.05) is 6.54 Å². The molecule has 0 aliphatic heterocycles. The van der Waals surface area contributed by atoms with Crippen molar-refractivity contribution in [3.05, 3.63) is 52.8 Å². The Morgan fingerprint density at radius 3 is 2.62 bits per heavy atom. The fourth-order valence-corrected chi connectivity index (χ4v) is 2.74. The second-order valence-electron chi connectivity index (χ2n) is 5.99. The Bertz CT molecular complexity index is 563. The van der Waals surface area contributed by atoms with Crippen LogP contribution in [0.2, 0.25) is 5.02 Å². The van der Waals surface area contributed by atoms with E-state index in [2.05, 4.69) is 42.6 Å². The van der Waals surface area contributed by atoms with Crippen molar-refractivity contribution in [2.24, 2.45) is 13.0 Å². The van der Waals surface area contributed by atoms with Gasteiger partial charge in [0.1, 0.15) is 0 Å². The molecule has 0 spiro atoms. The monoisotopic (exact) mass is 305 g/mol. The van der Waals surface area contributed by atoms with Crippen LogP contribution < -0.4 is 5.32 Å². The Hall–Kier alpha value is -1.32. The second kappa shape index (κ2) is 7.62. The first-order chi connectivity index (χ1) is 10.0. The van der Waals surface area contributed by atoms with E-state index in [-0.39, 0.29) is 0 Å². The third-order valence-corrected chi connectivity index (χ3v) is 3.75. The molecule has 2 aromatic rings. The SMILES string of the molecule is CC(C)NCC(Cc1cccc(Cl)c1)Cc1cnn(C)c1. The van der Waals surface area contributed by atoms with Crippen LogP contribution in [0.15, 0.2) is 36.7 Å². The van der Waals surface area contributed by atoms with Gasteiger partial charge in [-0.05, 0) is 48.6 Å². The van der Waals surface area contributed by atoms with Crippen LogP contribution in [0.5, 0.6) is 0 Å². The van der Waals surface area contributed by atoms with Crippen molar-refractivity contribution in [3.63, 3.8) is 0 Å². The number of nitrogens with zero attached hydrogens (tertiary/aromatic N) is 2. The van der Waals surface area contributed by atoms with Crippen LogP contribution in [0.4, 0.5) is 0 Å². The number of hydrogen-bond acceptors (Lipinski definition) is 2. The molecule has 0 radical (unpaired) electrons. The summed E-state index contributed by atoms with van der Waals surface area (Å²) in [6.07, 6.45) is 6.11. The van der Waals surface area contributed by atoms with Crippen LogP contribution in [0.25, 0.3) is 0 Å². The van der Waals surface area contributed by atoms with E-state index in [1.165, 1.54) is 11.1 Å². The summed E-state index contributed by atoms with van der Waals surface area (Å²) in [5.74, 6) is 0.537. The minimum Gasteiger partial charge on any atom is -0.314 e. The summed E-state index contributed by atoms with van der Waals surface area (Å²) >= 11 is 6.09. The number of hydrogen-bond donors (Lipinski definition) is 1. The van der Waals surface area contributed by atoms with Crippen LogP contribution in [0.1, 0.15) is 25.0 Å². The highest BCUT2D eigenvalue weighted by molar-refractivity contribution is 6.30. The zero-order valence-electron chi connectivity index (χ0n) is 13.0. The molecule has 1 atom stereocenters. The van der Waals surface area contributed by atoms with Crippen LogP contribution in [-0.2, 0) is 19.9 Å². The summed E-state index contributed by atoms with van der Waals surface area (Å²) < 4.78 is 1.86. The first kappa shape index (κ1) is 16.1. The van der Waals surface area contributed by atoms with Crippen molar-refractivity contribution in [2.45, 2.75) is 32.7 Å². The number of rotatable bonds is 7. The lowest BCUT2D eigenvalue weighted by Gasteiger charge is -2.19. The molecule has 114 valence electrons. The summed E-state index contributed by atoms with van der Waals surface area (Å²) in [7, 11) is 1.96. The van der Waals surface area contributed by atoms with Crippen LogP contribution in [0, 0.1) is 5.92 Å². The molecule has 0 aliphatic rings. The highest BCUT2D eigenvalue weighted by atomic mass is 35.5. The molecule has 0 saturated carbocycles. The summed E-state index contributed by atoms with van der Waals surface area (Å²) in [4.78, 5) is 0. The average molecular weight is 306 g/mol. The summed E-state index contributed by atoms with van der Waals surface area (Å²) in [5, 5.41) is 8.62. The Kier molecular flexibility index (Phi) is 5.83. The number of halogens is 1. The van der Waals surface area contributed by atoms with Crippen molar-refractivity contribution in [3.8, 4) is 0 Å². The lowest BCUT2D eigenvalue weighted by molar-refractivity contribution is 0.444. The highest BCUT2D eigenvalue weighted by Crippen LogP contribution is 2.17. The van der Waals surface area contributed by atoms with Gasteiger partial charge in [0.25, 0.3) is 0 Å². The summed E-state index contributed by atoms with van der Waals surface area (Å²) in [6.45, 7) is 5.36. The van der Waals surface area contributed by atoms with Gasteiger partial charge >= 0.3 is 0 Å². The van der Waals surface area contributed by atoms with Crippen LogP contribution in [-0.4, -0.2) is 22.4 Å². The lowest BCUT2D eigenvalue weighted by atomic mass is 9.93. The van der Waals surface area contributed by atoms with Gasteiger partial charge < -0.3 is 5.32 Å². The van der Waals surface area contributed by atoms with E-state index in [0.717, 1.165) is 24.4 Å². The largest absolute Gasteiger partial charge is 0.314 e. The molecule has 0 amide bonds. The van der Waals surface area contributed by atoms with Crippen molar-refractivity contribution in [1.29, 1.82) is 0 Å². The molecular formula is C17H24ClN3. The van der Waals surface area contributed by atoms with Crippen molar-refractivity contribution < 1.29 is 0 Å². The van der Waals surface area contributed by atoms with E-state index in [0.29, 0.717) is 12.0 Å². The molecule has 1 aromatic heterocycles. The van der Waals surface area contributed by atoms with Gasteiger partial charge in [0.05, 0.1) is 6.20 Å². The molecule has 0 bridgehead atoms.